The number of carbonyl (C=O) groups excluding carboxylic acids is 1. The van der Waals surface area contributed by atoms with Crippen LogP contribution in [0.25, 0.3) is 11.3 Å². The summed E-state index contributed by atoms with van der Waals surface area (Å²) in [4.78, 5) is 24.3. The molecule has 2 aromatic heterocycles. The fraction of sp³-hybridized carbons (Fsp3) is 0.261. The van der Waals surface area contributed by atoms with Crippen molar-refractivity contribution in [3.05, 3.63) is 72.2 Å². The van der Waals surface area contributed by atoms with E-state index in [1.54, 1.807) is 0 Å². The molecule has 1 atom stereocenters. The molecule has 9 nitrogen and oxygen atoms in total. The maximum Gasteiger partial charge on any atom is 0.433 e. The largest absolute Gasteiger partial charge is 0.433 e. The highest BCUT2D eigenvalue weighted by atomic mass is 32.2. The second-order valence-corrected chi connectivity index (χ2v) is 9.98. The minimum absolute atomic E-state index is 0.0536. The lowest BCUT2D eigenvalue weighted by Gasteiger charge is -2.30. The Morgan fingerprint density at radius 3 is 2.49 bits per heavy atom. The minimum Gasteiger partial charge on any atom is -0.348 e. The number of alkyl halides is 3. The van der Waals surface area contributed by atoms with Crippen LogP contribution < -0.4 is 5.32 Å². The van der Waals surface area contributed by atoms with Crippen molar-refractivity contribution >= 4 is 15.9 Å². The van der Waals surface area contributed by atoms with E-state index in [1.807, 2.05) is 6.07 Å². The summed E-state index contributed by atoms with van der Waals surface area (Å²) in [5, 5.41) is 12.4. The normalized spacial score (nSPS) is 18.4. The van der Waals surface area contributed by atoms with Gasteiger partial charge in [-0.3, -0.25) is 9.78 Å². The van der Waals surface area contributed by atoms with Gasteiger partial charge < -0.3 is 5.32 Å². The van der Waals surface area contributed by atoms with E-state index in [2.05, 4.69) is 20.3 Å². The summed E-state index contributed by atoms with van der Waals surface area (Å²) in [5.41, 5.74) is -2.30. The second kappa shape index (κ2) is 9.83. The van der Waals surface area contributed by atoms with Gasteiger partial charge in [0.1, 0.15) is 17.8 Å². The number of hydrogen-bond acceptors (Lipinski definition) is 7. The Kier molecular flexibility index (Phi) is 6.94. The van der Waals surface area contributed by atoms with Crippen LogP contribution in [0.1, 0.15) is 24.2 Å². The highest BCUT2D eigenvalue weighted by Gasteiger charge is 2.53. The third kappa shape index (κ3) is 5.13. The predicted molar refractivity (Wildman–Crippen MR) is 120 cm³/mol. The Hall–Kier alpha value is -3.96. The second-order valence-electron chi connectivity index (χ2n) is 8.11. The average molecular weight is 534 g/mol. The van der Waals surface area contributed by atoms with Gasteiger partial charge >= 0.3 is 6.18 Å². The fourth-order valence-corrected chi connectivity index (χ4v) is 5.65. The van der Waals surface area contributed by atoms with Crippen molar-refractivity contribution < 1.29 is 30.8 Å². The zero-order chi connectivity index (χ0) is 26.8. The van der Waals surface area contributed by atoms with Crippen molar-refractivity contribution in [2.45, 2.75) is 36.0 Å². The molecular formula is C23H18F4N6O3S. The number of carbonyl (C=O) groups is 1. The molecule has 0 aliphatic carbocycles. The Morgan fingerprint density at radius 1 is 1.14 bits per heavy atom. The summed E-state index contributed by atoms with van der Waals surface area (Å²) in [6.07, 6.45) is -2.24. The van der Waals surface area contributed by atoms with E-state index in [4.69, 9.17) is 0 Å². The van der Waals surface area contributed by atoms with E-state index in [0.29, 0.717) is 0 Å². The summed E-state index contributed by atoms with van der Waals surface area (Å²) >= 11 is 0. The third-order valence-corrected chi connectivity index (χ3v) is 7.73. The van der Waals surface area contributed by atoms with E-state index >= 15 is 0 Å². The standard InChI is InChI=1S/C23H18F4N6O3S/c24-16-3-5-18(6-4-16)37(35,36)33-9-1-8-22(33,13-28)21(34)30-12-17-10-19(32-14-31-17)15-2-7-20(29-11-15)23(25,26)27/h2-7,10-11,14H,1,8-9,12H2,(H,30,34)/t22-/m1/s1. The maximum absolute atomic E-state index is 13.3. The van der Waals surface area contributed by atoms with Gasteiger partial charge in [0.2, 0.25) is 15.6 Å². The quantitative estimate of drug-likeness (QED) is 0.481. The molecule has 0 radical (unpaired) electrons. The number of rotatable bonds is 6. The minimum atomic E-state index is -4.59. The molecule has 1 N–H and O–H groups in total. The van der Waals surface area contributed by atoms with Crippen LogP contribution in [-0.2, 0) is 27.5 Å². The first-order valence-corrected chi connectivity index (χ1v) is 12.2. The van der Waals surface area contributed by atoms with Gasteiger partial charge in [-0.1, -0.05) is 0 Å². The molecule has 0 unspecified atom stereocenters. The molecule has 3 heterocycles. The molecule has 0 bridgehead atoms. The van der Waals surface area contributed by atoms with Crippen LogP contribution in [0.15, 0.2) is 59.9 Å². The Bertz CT molecular complexity index is 1460. The van der Waals surface area contributed by atoms with E-state index in [1.165, 1.54) is 12.1 Å². The monoisotopic (exact) mass is 534 g/mol. The Balaban J connectivity index is 1.52. The molecule has 1 aromatic carbocycles. The number of hydrogen-bond donors (Lipinski definition) is 1. The summed E-state index contributed by atoms with van der Waals surface area (Å²) in [5.74, 6) is -1.50. The number of sulfonamides is 1. The van der Waals surface area contributed by atoms with Gasteiger partial charge in [0.25, 0.3) is 5.91 Å². The van der Waals surface area contributed by atoms with Gasteiger partial charge in [-0.15, -0.1) is 0 Å². The molecule has 0 spiro atoms. The molecule has 1 fully saturated rings. The summed E-state index contributed by atoms with van der Waals surface area (Å²) in [7, 11) is -4.29. The predicted octanol–water partition coefficient (Wildman–Crippen LogP) is 3.06. The SMILES string of the molecule is N#C[C@@]1(C(=O)NCc2cc(-c3ccc(C(F)(F)F)nc3)ncn2)CCCN1S(=O)(=O)c1ccc(F)cc1. The van der Waals surface area contributed by atoms with Crippen LogP contribution in [0.5, 0.6) is 0 Å². The van der Waals surface area contributed by atoms with Crippen molar-refractivity contribution in [2.24, 2.45) is 0 Å². The van der Waals surface area contributed by atoms with Gasteiger partial charge in [-0.05, 0) is 55.3 Å². The molecule has 14 heteroatoms. The van der Waals surface area contributed by atoms with Crippen LogP contribution in [0, 0.1) is 17.1 Å². The summed E-state index contributed by atoms with van der Waals surface area (Å²) in [6.45, 7) is -0.296. The lowest BCUT2D eigenvalue weighted by Crippen LogP contribution is -2.56. The molecule has 37 heavy (non-hydrogen) atoms. The first-order valence-electron chi connectivity index (χ1n) is 10.8. The molecular weight excluding hydrogens is 516 g/mol. The van der Waals surface area contributed by atoms with E-state index < -0.39 is 39.2 Å². The average Bonchev–Trinajstić information content (AvgIpc) is 3.34. The van der Waals surface area contributed by atoms with E-state index in [0.717, 1.165) is 47.2 Å². The zero-order valence-electron chi connectivity index (χ0n) is 18.9. The van der Waals surface area contributed by atoms with Crippen molar-refractivity contribution in [3.63, 3.8) is 0 Å². The van der Waals surface area contributed by atoms with Crippen molar-refractivity contribution in [3.8, 4) is 17.3 Å². The number of amides is 1. The number of halogens is 4. The third-order valence-electron chi connectivity index (χ3n) is 5.79. The molecule has 3 aromatic rings. The van der Waals surface area contributed by atoms with Crippen LogP contribution in [0.2, 0.25) is 0 Å². The first-order chi connectivity index (χ1) is 17.5. The molecule has 1 amide bonds. The Morgan fingerprint density at radius 2 is 1.86 bits per heavy atom. The van der Waals surface area contributed by atoms with Crippen LogP contribution >= 0.6 is 0 Å². The number of aromatic nitrogens is 3. The smallest absolute Gasteiger partial charge is 0.348 e. The highest BCUT2D eigenvalue weighted by Crippen LogP contribution is 2.35. The van der Waals surface area contributed by atoms with Crippen molar-refractivity contribution in [1.29, 1.82) is 5.26 Å². The van der Waals surface area contributed by atoms with Crippen molar-refractivity contribution in [1.82, 2.24) is 24.6 Å². The Labute approximate surface area is 208 Å². The van der Waals surface area contributed by atoms with Crippen LogP contribution in [0.4, 0.5) is 17.6 Å². The molecule has 4 rings (SSSR count). The number of benzene rings is 1. The summed E-state index contributed by atoms with van der Waals surface area (Å²) < 4.78 is 78.7. The van der Waals surface area contributed by atoms with E-state index in [9.17, 15) is 36.0 Å². The highest BCUT2D eigenvalue weighted by molar-refractivity contribution is 7.89. The van der Waals surface area contributed by atoms with Gasteiger partial charge in [-0.25, -0.2) is 22.8 Å². The van der Waals surface area contributed by atoms with Gasteiger partial charge in [0.05, 0.1) is 28.9 Å². The summed E-state index contributed by atoms with van der Waals surface area (Å²) in [6, 6.07) is 9.31. The number of nitrogens with zero attached hydrogens (tertiary/aromatic N) is 5. The maximum atomic E-state index is 13.3. The molecule has 1 aliphatic rings. The van der Waals surface area contributed by atoms with Crippen molar-refractivity contribution in [2.75, 3.05) is 6.54 Å². The first kappa shape index (κ1) is 26.1. The molecule has 192 valence electrons. The molecule has 0 saturated carbocycles. The number of nitriles is 1. The van der Waals surface area contributed by atoms with Gasteiger partial charge in [0, 0.05) is 18.3 Å². The van der Waals surface area contributed by atoms with E-state index in [-0.39, 0.29) is 47.8 Å². The van der Waals surface area contributed by atoms with Gasteiger partial charge in [0.15, 0.2) is 0 Å². The number of pyridine rings is 1. The van der Waals surface area contributed by atoms with Crippen LogP contribution in [-0.4, -0.2) is 45.7 Å². The fourth-order valence-electron chi connectivity index (χ4n) is 3.92. The van der Waals surface area contributed by atoms with Gasteiger partial charge in [-0.2, -0.15) is 22.7 Å². The van der Waals surface area contributed by atoms with Crippen LogP contribution in [0.3, 0.4) is 0 Å². The zero-order valence-corrected chi connectivity index (χ0v) is 19.7. The lowest BCUT2D eigenvalue weighted by atomic mass is 9.98. The number of nitrogens with one attached hydrogen (secondary N) is 1. The topological polar surface area (TPSA) is 129 Å². The molecule has 1 saturated heterocycles. The molecule has 1 aliphatic heterocycles. The lowest BCUT2D eigenvalue weighted by molar-refractivity contribution is -0.141.